The van der Waals surface area contributed by atoms with E-state index in [1.165, 1.54) is 0 Å². The largest absolute Gasteiger partial charge is 0.387 e. The molecule has 0 saturated heterocycles. The Balaban J connectivity index is 1.65. The van der Waals surface area contributed by atoms with Gasteiger partial charge in [-0.25, -0.2) is 0 Å². The molecule has 3 N–H and O–H groups in total. The van der Waals surface area contributed by atoms with Crippen molar-refractivity contribution in [3.05, 3.63) is 56.5 Å². The number of H-pyrrole nitrogens is 1. The second kappa shape index (κ2) is 6.42. The first-order valence-electron chi connectivity index (χ1n) is 6.52. The Morgan fingerprint density at radius 3 is 2.82 bits per heavy atom. The lowest BCUT2D eigenvalue weighted by atomic mass is 10.1. The molecule has 0 spiro atoms. The number of hydrogen-bond donors (Lipinski definition) is 3. The molecule has 0 saturated carbocycles. The van der Waals surface area contributed by atoms with Gasteiger partial charge in [0.2, 0.25) is 0 Å². The van der Waals surface area contributed by atoms with Gasteiger partial charge in [-0.2, -0.15) is 0 Å². The normalized spacial score (nSPS) is 12.5. The zero-order chi connectivity index (χ0) is 15.7. The zero-order valence-corrected chi connectivity index (χ0v) is 14.4. The van der Waals surface area contributed by atoms with Crippen LogP contribution in [0.4, 0.5) is 0 Å². The molecular weight excluding hydrogens is 388 g/mol. The van der Waals surface area contributed by atoms with Gasteiger partial charge in [0.05, 0.1) is 20.8 Å². The van der Waals surface area contributed by atoms with Crippen LogP contribution in [0.25, 0.3) is 10.2 Å². The van der Waals surface area contributed by atoms with Gasteiger partial charge in [0, 0.05) is 16.9 Å². The summed E-state index contributed by atoms with van der Waals surface area (Å²) in [5, 5.41) is 15.4. The van der Waals surface area contributed by atoms with Crippen LogP contribution in [0.1, 0.15) is 22.2 Å². The first-order valence-corrected chi connectivity index (χ1v) is 8.57. The third-order valence-electron chi connectivity index (χ3n) is 3.27. The van der Waals surface area contributed by atoms with Crippen LogP contribution in [0.15, 0.2) is 40.2 Å². The second-order valence-electron chi connectivity index (χ2n) is 4.78. The van der Waals surface area contributed by atoms with Crippen LogP contribution in [0.5, 0.6) is 0 Å². The molecule has 2 aromatic heterocycles. The molecule has 1 atom stereocenters. The van der Waals surface area contributed by atoms with Gasteiger partial charge in [0.15, 0.2) is 0 Å². The summed E-state index contributed by atoms with van der Waals surface area (Å²) in [6.07, 6.45) is -0.774. The van der Waals surface area contributed by atoms with Gasteiger partial charge in [-0.1, -0.05) is 23.7 Å². The molecule has 3 rings (SSSR count). The number of aromatic nitrogens is 1. The predicted molar refractivity (Wildman–Crippen MR) is 92.6 cm³/mol. The Morgan fingerprint density at radius 2 is 2.14 bits per heavy atom. The highest BCUT2D eigenvalue weighted by atomic mass is 79.9. The molecular formula is C15H12BrClN2O2S. The maximum Gasteiger partial charge on any atom is 0.267 e. The van der Waals surface area contributed by atoms with Crippen LogP contribution in [0.2, 0.25) is 5.02 Å². The number of aliphatic hydroxyl groups is 1. The van der Waals surface area contributed by atoms with Crippen molar-refractivity contribution >= 4 is 55.0 Å². The monoisotopic (exact) mass is 398 g/mol. The number of carbonyl (C=O) groups is 1. The fourth-order valence-electron chi connectivity index (χ4n) is 2.09. The molecule has 0 unspecified atom stereocenters. The van der Waals surface area contributed by atoms with Gasteiger partial charge in [0.1, 0.15) is 5.69 Å². The van der Waals surface area contributed by atoms with E-state index in [0.29, 0.717) is 16.3 Å². The molecule has 4 nitrogen and oxygen atoms in total. The summed E-state index contributed by atoms with van der Waals surface area (Å²) in [4.78, 5) is 15.2. The van der Waals surface area contributed by atoms with Crippen molar-refractivity contribution in [1.82, 2.24) is 10.3 Å². The predicted octanol–water partition coefficient (Wildman–Crippen LogP) is 4.11. The van der Waals surface area contributed by atoms with E-state index in [4.69, 9.17) is 11.6 Å². The van der Waals surface area contributed by atoms with Crippen LogP contribution in [0.3, 0.4) is 0 Å². The van der Waals surface area contributed by atoms with Gasteiger partial charge in [-0.05, 0) is 39.7 Å². The number of aromatic amines is 1. The third-order valence-corrected chi connectivity index (χ3v) is 5.37. The van der Waals surface area contributed by atoms with Crippen LogP contribution >= 0.6 is 38.9 Å². The first-order chi connectivity index (χ1) is 10.5. The van der Waals surface area contributed by atoms with Crippen LogP contribution in [0, 0.1) is 0 Å². The Kier molecular flexibility index (Phi) is 4.54. The summed E-state index contributed by atoms with van der Waals surface area (Å²) in [5.74, 6) is -0.247. The number of nitrogens with one attached hydrogen (secondary N) is 2. The molecule has 7 heteroatoms. The molecule has 0 bridgehead atoms. The summed E-state index contributed by atoms with van der Waals surface area (Å²) in [6, 6.07) is 8.69. The summed E-state index contributed by atoms with van der Waals surface area (Å²) in [5.41, 5.74) is 2.10. The van der Waals surface area contributed by atoms with E-state index < -0.39 is 6.10 Å². The topological polar surface area (TPSA) is 65.1 Å². The minimum atomic E-state index is -0.774. The van der Waals surface area contributed by atoms with Gasteiger partial charge in [-0.15, -0.1) is 11.3 Å². The lowest BCUT2D eigenvalue weighted by Crippen LogP contribution is -2.28. The van der Waals surface area contributed by atoms with Crippen molar-refractivity contribution in [2.45, 2.75) is 6.10 Å². The quantitative estimate of drug-likeness (QED) is 0.618. The number of fused-ring (bicyclic) bond motifs is 1. The average molecular weight is 400 g/mol. The van der Waals surface area contributed by atoms with Gasteiger partial charge < -0.3 is 15.4 Å². The van der Waals surface area contributed by atoms with Gasteiger partial charge >= 0.3 is 0 Å². The standard InChI is InChI=1S/C15H12BrClN2O2S/c16-10-7-22-13-5-11(19-14(10)13)15(21)18-6-12(20)8-1-3-9(17)4-2-8/h1-5,7,12,19-20H,6H2,(H,18,21)/t12-/m1/s1. The van der Waals surface area contributed by atoms with Crippen LogP contribution in [-0.4, -0.2) is 22.5 Å². The average Bonchev–Trinajstić information content (AvgIpc) is 3.08. The highest BCUT2D eigenvalue weighted by Crippen LogP contribution is 2.30. The lowest BCUT2D eigenvalue weighted by molar-refractivity contribution is 0.0912. The number of carbonyl (C=O) groups excluding carboxylic acids is 1. The molecule has 0 radical (unpaired) electrons. The first kappa shape index (κ1) is 15.6. The number of amides is 1. The van der Waals surface area contributed by atoms with Crippen molar-refractivity contribution in [2.75, 3.05) is 6.54 Å². The van der Waals surface area contributed by atoms with Crippen molar-refractivity contribution < 1.29 is 9.90 Å². The highest BCUT2D eigenvalue weighted by Gasteiger charge is 2.14. The number of halogens is 2. The van der Waals surface area contributed by atoms with Crippen LogP contribution < -0.4 is 5.32 Å². The van der Waals surface area contributed by atoms with Gasteiger partial charge in [-0.3, -0.25) is 4.79 Å². The Morgan fingerprint density at radius 1 is 1.41 bits per heavy atom. The SMILES string of the molecule is O=C(NC[C@@H](O)c1ccc(Cl)cc1)c1cc2scc(Br)c2[nH]1. The maximum absolute atomic E-state index is 12.1. The smallest absolute Gasteiger partial charge is 0.267 e. The fourth-order valence-corrected chi connectivity index (χ4v) is 3.75. The number of rotatable bonds is 4. The number of aliphatic hydroxyl groups excluding tert-OH is 1. The third kappa shape index (κ3) is 3.20. The molecule has 0 aliphatic carbocycles. The minimum Gasteiger partial charge on any atom is -0.387 e. The number of hydrogen-bond acceptors (Lipinski definition) is 3. The Hall–Kier alpha value is -1.34. The molecule has 114 valence electrons. The molecule has 1 amide bonds. The maximum atomic E-state index is 12.1. The number of thiophene rings is 1. The number of benzene rings is 1. The summed E-state index contributed by atoms with van der Waals surface area (Å²) in [7, 11) is 0. The second-order valence-corrected chi connectivity index (χ2v) is 6.99. The van der Waals surface area contributed by atoms with Crippen LogP contribution in [-0.2, 0) is 0 Å². The zero-order valence-electron chi connectivity index (χ0n) is 11.3. The van der Waals surface area contributed by atoms with Crippen molar-refractivity contribution in [2.24, 2.45) is 0 Å². The molecule has 0 aliphatic heterocycles. The van der Waals surface area contributed by atoms with E-state index in [9.17, 15) is 9.90 Å². The summed E-state index contributed by atoms with van der Waals surface area (Å²) in [6.45, 7) is 0.133. The molecule has 3 aromatic rings. The summed E-state index contributed by atoms with van der Waals surface area (Å²) < 4.78 is 1.95. The molecule has 0 fully saturated rings. The van der Waals surface area contributed by atoms with E-state index >= 15 is 0 Å². The molecule has 0 aliphatic rings. The van der Waals surface area contributed by atoms with E-state index in [1.54, 1.807) is 41.7 Å². The van der Waals surface area contributed by atoms with E-state index in [-0.39, 0.29) is 12.5 Å². The minimum absolute atomic E-state index is 0.133. The van der Waals surface area contributed by atoms with E-state index in [1.807, 2.05) is 5.38 Å². The molecule has 2 heterocycles. The Bertz CT molecular complexity index is 813. The van der Waals surface area contributed by atoms with Crippen molar-refractivity contribution in [1.29, 1.82) is 0 Å². The van der Waals surface area contributed by atoms with Crippen molar-refractivity contribution in [3.8, 4) is 0 Å². The Labute approximate surface area is 144 Å². The molecule has 1 aromatic carbocycles. The summed E-state index contributed by atoms with van der Waals surface area (Å²) >= 11 is 10.8. The lowest BCUT2D eigenvalue weighted by Gasteiger charge is -2.11. The van der Waals surface area contributed by atoms with E-state index in [0.717, 1.165) is 14.7 Å². The fraction of sp³-hybridized carbons (Fsp3) is 0.133. The van der Waals surface area contributed by atoms with E-state index in [2.05, 4.69) is 26.2 Å². The molecule has 22 heavy (non-hydrogen) atoms. The van der Waals surface area contributed by atoms with Gasteiger partial charge in [0.25, 0.3) is 5.91 Å². The highest BCUT2D eigenvalue weighted by molar-refractivity contribution is 9.10. The van der Waals surface area contributed by atoms with Crippen molar-refractivity contribution in [3.63, 3.8) is 0 Å².